The monoisotopic (exact) mass is 164 g/mol. The summed E-state index contributed by atoms with van der Waals surface area (Å²) in [6.07, 6.45) is -2.22. The van der Waals surface area contributed by atoms with Crippen LogP contribution >= 0.6 is 0 Å². The van der Waals surface area contributed by atoms with Gasteiger partial charge in [-0.15, -0.1) is 0 Å². The van der Waals surface area contributed by atoms with Crippen molar-refractivity contribution < 1.29 is 13.5 Å². The number of rotatable bonds is 1. The Morgan fingerprint density at radius 1 is 1.18 bits per heavy atom. The average Bonchev–Trinajstić information content (AvgIpc) is 1.85. The van der Waals surface area contributed by atoms with Crippen molar-refractivity contribution in [2.45, 2.75) is 38.2 Å². The van der Waals surface area contributed by atoms with E-state index in [9.17, 15) is 8.78 Å². The van der Waals surface area contributed by atoms with E-state index >= 15 is 0 Å². The van der Waals surface area contributed by atoms with Crippen LogP contribution in [0, 0.1) is 5.92 Å². The molecule has 0 radical (unpaired) electrons. The van der Waals surface area contributed by atoms with Crippen LogP contribution in [0.25, 0.3) is 0 Å². The maximum atomic E-state index is 13.0. The molecule has 1 aliphatic carbocycles. The minimum Gasteiger partial charge on any atom is -0.375 e. The number of ether oxygens (including phenoxy) is 1. The van der Waals surface area contributed by atoms with Gasteiger partial charge >= 0.3 is 0 Å². The number of hydrogen-bond acceptors (Lipinski definition) is 1. The lowest BCUT2D eigenvalue weighted by Crippen LogP contribution is -2.40. The minimum atomic E-state index is -1.13. The van der Waals surface area contributed by atoms with Crippen molar-refractivity contribution in [3.05, 3.63) is 0 Å². The molecule has 0 aromatic heterocycles. The third kappa shape index (κ3) is 1.89. The fraction of sp³-hybridized carbons (Fsp3) is 1.00. The fourth-order valence-corrected chi connectivity index (χ4v) is 1.66. The topological polar surface area (TPSA) is 9.23 Å². The molecule has 0 N–H and O–H groups in total. The number of halogens is 2. The van der Waals surface area contributed by atoms with Crippen LogP contribution in [0.2, 0.25) is 0 Å². The van der Waals surface area contributed by atoms with Crippen LogP contribution in [0.4, 0.5) is 8.78 Å². The molecule has 1 aliphatic rings. The lowest BCUT2D eigenvalue weighted by atomic mass is 9.86. The van der Waals surface area contributed by atoms with Gasteiger partial charge in [-0.1, -0.05) is 6.92 Å². The molecule has 1 nitrogen and oxygen atoms in total. The predicted molar refractivity (Wildman–Crippen MR) is 39.0 cm³/mol. The first-order chi connectivity index (χ1) is 5.15. The molecule has 11 heavy (non-hydrogen) atoms. The Morgan fingerprint density at radius 2 is 1.64 bits per heavy atom. The van der Waals surface area contributed by atoms with E-state index in [0.29, 0.717) is 12.8 Å². The molecular formula is C8H14F2O. The lowest BCUT2D eigenvalue weighted by molar-refractivity contribution is -0.0584. The van der Waals surface area contributed by atoms with Gasteiger partial charge in [-0.2, -0.15) is 0 Å². The minimum absolute atomic E-state index is 0.145. The molecule has 1 rings (SSSR count). The van der Waals surface area contributed by atoms with Crippen LogP contribution in [0.3, 0.4) is 0 Å². The van der Waals surface area contributed by atoms with Crippen LogP contribution in [-0.2, 0) is 4.74 Å². The Bertz CT molecular complexity index is 117. The molecular weight excluding hydrogens is 150 g/mol. The molecule has 0 amide bonds. The summed E-state index contributed by atoms with van der Waals surface area (Å²) < 4.78 is 30.7. The van der Waals surface area contributed by atoms with Crippen LogP contribution < -0.4 is 0 Å². The van der Waals surface area contributed by atoms with Gasteiger partial charge in [0.15, 0.2) is 0 Å². The highest BCUT2D eigenvalue weighted by atomic mass is 19.1. The normalized spacial score (nSPS) is 45.8. The maximum Gasteiger partial charge on any atom is 0.129 e. The Morgan fingerprint density at radius 3 is 2.00 bits per heavy atom. The number of alkyl halides is 2. The van der Waals surface area contributed by atoms with E-state index < -0.39 is 18.4 Å². The van der Waals surface area contributed by atoms with Crippen LogP contribution in [-0.4, -0.2) is 25.6 Å². The number of hydrogen-bond donors (Lipinski definition) is 0. The second-order valence-corrected chi connectivity index (χ2v) is 3.31. The largest absolute Gasteiger partial charge is 0.375 e. The Labute approximate surface area is 65.7 Å². The SMILES string of the molecule is COC1C(F)CC(C)CC1F. The van der Waals surface area contributed by atoms with E-state index in [1.807, 2.05) is 6.92 Å². The third-order valence-corrected chi connectivity index (χ3v) is 2.24. The van der Waals surface area contributed by atoms with Crippen LogP contribution in [0.1, 0.15) is 19.8 Å². The van der Waals surface area contributed by atoms with Crippen molar-refractivity contribution in [2.24, 2.45) is 5.92 Å². The van der Waals surface area contributed by atoms with Gasteiger partial charge in [0.05, 0.1) is 0 Å². The fourth-order valence-electron chi connectivity index (χ4n) is 1.66. The molecule has 1 fully saturated rings. The van der Waals surface area contributed by atoms with Gasteiger partial charge in [-0.05, 0) is 18.8 Å². The molecule has 1 saturated carbocycles. The Hall–Kier alpha value is -0.180. The highest BCUT2D eigenvalue weighted by Gasteiger charge is 2.36. The van der Waals surface area contributed by atoms with E-state index in [1.54, 1.807) is 0 Å². The van der Waals surface area contributed by atoms with Gasteiger partial charge in [-0.25, -0.2) is 8.78 Å². The van der Waals surface area contributed by atoms with Gasteiger partial charge < -0.3 is 4.74 Å². The van der Waals surface area contributed by atoms with E-state index in [4.69, 9.17) is 4.74 Å². The van der Waals surface area contributed by atoms with E-state index in [-0.39, 0.29) is 5.92 Å². The second-order valence-electron chi connectivity index (χ2n) is 3.31. The van der Waals surface area contributed by atoms with Gasteiger partial charge in [0.25, 0.3) is 0 Å². The first-order valence-corrected chi connectivity index (χ1v) is 3.96. The highest BCUT2D eigenvalue weighted by molar-refractivity contribution is 4.85. The summed E-state index contributed by atoms with van der Waals surface area (Å²) in [5, 5.41) is 0. The zero-order valence-corrected chi connectivity index (χ0v) is 6.89. The lowest BCUT2D eigenvalue weighted by Gasteiger charge is -2.31. The van der Waals surface area contributed by atoms with E-state index in [0.717, 1.165) is 0 Å². The van der Waals surface area contributed by atoms with Crippen LogP contribution in [0.5, 0.6) is 0 Å². The molecule has 2 atom stereocenters. The zero-order chi connectivity index (χ0) is 8.43. The van der Waals surface area contributed by atoms with Crippen molar-refractivity contribution in [1.82, 2.24) is 0 Å². The van der Waals surface area contributed by atoms with Crippen molar-refractivity contribution in [3.63, 3.8) is 0 Å². The second kappa shape index (κ2) is 3.48. The van der Waals surface area contributed by atoms with E-state index in [2.05, 4.69) is 0 Å². The van der Waals surface area contributed by atoms with Crippen LogP contribution in [0.15, 0.2) is 0 Å². The van der Waals surface area contributed by atoms with Crippen molar-refractivity contribution in [2.75, 3.05) is 7.11 Å². The molecule has 0 saturated heterocycles. The molecule has 3 heteroatoms. The molecule has 0 bridgehead atoms. The zero-order valence-electron chi connectivity index (χ0n) is 6.89. The van der Waals surface area contributed by atoms with E-state index in [1.165, 1.54) is 7.11 Å². The standard InChI is InChI=1S/C8H14F2O/c1-5-3-6(9)8(11-2)7(10)4-5/h5-8H,3-4H2,1-2H3. The van der Waals surface area contributed by atoms with Gasteiger partial charge in [0.2, 0.25) is 0 Å². The molecule has 2 unspecified atom stereocenters. The highest BCUT2D eigenvalue weighted by Crippen LogP contribution is 2.30. The summed E-state index contributed by atoms with van der Waals surface area (Å²) in [7, 11) is 1.36. The molecule has 0 aromatic carbocycles. The summed E-state index contributed by atoms with van der Waals surface area (Å²) in [5.41, 5.74) is 0. The first kappa shape index (κ1) is 8.91. The average molecular weight is 164 g/mol. The molecule has 66 valence electrons. The Balaban J connectivity index is 2.52. The summed E-state index contributed by atoms with van der Waals surface area (Å²) in [6, 6.07) is 0. The molecule has 0 aromatic rings. The first-order valence-electron chi connectivity index (χ1n) is 3.96. The third-order valence-electron chi connectivity index (χ3n) is 2.24. The molecule has 0 spiro atoms. The van der Waals surface area contributed by atoms with Gasteiger partial charge in [-0.3, -0.25) is 0 Å². The summed E-state index contributed by atoms with van der Waals surface area (Å²) in [5.74, 6) is 0.145. The summed E-state index contributed by atoms with van der Waals surface area (Å²) in [4.78, 5) is 0. The number of methoxy groups -OCH3 is 1. The summed E-state index contributed by atoms with van der Waals surface area (Å²) >= 11 is 0. The van der Waals surface area contributed by atoms with Crippen molar-refractivity contribution in [1.29, 1.82) is 0 Å². The summed E-state index contributed by atoms with van der Waals surface area (Å²) in [6.45, 7) is 1.87. The molecule has 0 aliphatic heterocycles. The maximum absolute atomic E-state index is 13.0. The van der Waals surface area contributed by atoms with Gasteiger partial charge in [0, 0.05) is 7.11 Å². The smallest absolute Gasteiger partial charge is 0.129 e. The predicted octanol–water partition coefficient (Wildman–Crippen LogP) is 2.11. The Kier molecular flexibility index (Phi) is 2.82. The van der Waals surface area contributed by atoms with Crippen molar-refractivity contribution >= 4 is 0 Å². The quantitative estimate of drug-likeness (QED) is 0.576. The molecule has 0 heterocycles. The van der Waals surface area contributed by atoms with Crippen molar-refractivity contribution in [3.8, 4) is 0 Å². The van der Waals surface area contributed by atoms with Gasteiger partial charge in [0.1, 0.15) is 18.4 Å².